The molecule has 21 heteroatoms. The first kappa shape index (κ1) is 48.1. The molecule has 6 atom stereocenters. The average Bonchev–Trinajstić information content (AvgIpc) is 3.61. The van der Waals surface area contributed by atoms with E-state index < -0.39 is 51.0 Å². The van der Waals surface area contributed by atoms with Gasteiger partial charge >= 0.3 is 0 Å². The number of likely N-dealkylation sites (tertiary alicyclic amines) is 1. The van der Waals surface area contributed by atoms with Crippen LogP contribution in [0, 0.1) is 17.3 Å². The molecule has 9 rings (SSSR count). The van der Waals surface area contributed by atoms with Gasteiger partial charge in [-0.3, -0.25) is 54.0 Å². The van der Waals surface area contributed by atoms with Crippen LogP contribution in [0.3, 0.4) is 0 Å². The standard InChI is InChI=1S/C47H61N9O10S2/c1-68(64,65)55-18-12-32(26-55)41(59)49-25-40(58)53-46-51-36(27-67-46)31-4-2-3-29(21-31)30-9-15-48-38(22-30)47(13-14-47)45(63)50-24-28-10-16-54(17-11-28)19-20-66-33-5-6-34-35(23-33)44(62)56(43(34)61)37-7-8-39(57)52-42(37)60/h2-6,21,23,28,30,32,36-38,46,48,51H,7-20,22,24-27H2,1H3,(H,49,59)(H,50,63)(H,53,58)(H,52,57,60). The fraction of sp³-hybridized carbons (Fsp3) is 0.596. The quantitative estimate of drug-likeness (QED) is 0.128. The van der Waals surface area contributed by atoms with Gasteiger partial charge in [0.15, 0.2) is 0 Å². The minimum atomic E-state index is -3.36. The van der Waals surface area contributed by atoms with Crippen molar-refractivity contribution in [1.29, 1.82) is 0 Å². The predicted molar refractivity (Wildman–Crippen MR) is 250 cm³/mol. The zero-order valence-electron chi connectivity index (χ0n) is 38.3. The Morgan fingerprint density at radius 2 is 1.69 bits per heavy atom. The van der Waals surface area contributed by atoms with Crippen LogP contribution in [0.25, 0.3) is 0 Å². The number of thioether (sulfide) groups is 1. The van der Waals surface area contributed by atoms with E-state index >= 15 is 0 Å². The molecule has 1 saturated carbocycles. The smallest absolute Gasteiger partial charge is 0.262 e. The zero-order chi connectivity index (χ0) is 47.7. The highest BCUT2D eigenvalue weighted by Gasteiger charge is 2.56. The molecule has 6 fully saturated rings. The molecule has 5 saturated heterocycles. The molecule has 0 radical (unpaired) electrons. The van der Waals surface area contributed by atoms with Crippen LogP contribution in [0.4, 0.5) is 0 Å². The van der Waals surface area contributed by atoms with Crippen LogP contribution in [0.5, 0.6) is 5.75 Å². The third-order valence-electron chi connectivity index (χ3n) is 14.9. The number of carbonyl (C=O) groups excluding carboxylic acids is 7. The Morgan fingerprint density at radius 3 is 2.44 bits per heavy atom. The lowest BCUT2D eigenvalue weighted by Gasteiger charge is -2.36. The van der Waals surface area contributed by atoms with Gasteiger partial charge in [-0.2, -0.15) is 0 Å². The summed E-state index contributed by atoms with van der Waals surface area (Å²) in [5.74, 6) is -1.24. The van der Waals surface area contributed by atoms with Crippen molar-refractivity contribution in [3.05, 3.63) is 64.7 Å². The number of rotatable bonds is 16. The molecule has 0 aromatic heterocycles. The summed E-state index contributed by atoms with van der Waals surface area (Å²) in [4.78, 5) is 92.7. The van der Waals surface area contributed by atoms with Gasteiger partial charge in [-0.1, -0.05) is 24.3 Å². The highest BCUT2D eigenvalue weighted by molar-refractivity contribution is 8.00. The summed E-state index contributed by atoms with van der Waals surface area (Å²) in [5, 5.41) is 18.4. The summed E-state index contributed by atoms with van der Waals surface area (Å²) in [6.07, 6.45) is 7.22. The van der Waals surface area contributed by atoms with Crippen molar-refractivity contribution in [2.45, 2.75) is 87.3 Å². The van der Waals surface area contributed by atoms with Crippen LogP contribution in [-0.2, 0) is 34.0 Å². The number of nitrogens with one attached hydrogen (secondary N) is 6. The summed E-state index contributed by atoms with van der Waals surface area (Å²) in [5.41, 5.74) is 2.08. The maximum atomic E-state index is 13.9. The molecule has 7 amide bonds. The average molecular weight is 976 g/mol. The molecule has 6 aliphatic heterocycles. The highest BCUT2D eigenvalue weighted by Crippen LogP contribution is 2.52. The van der Waals surface area contributed by atoms with Crippen molar-refractivity contribution in [1.82, 2.24) is 46.0 Å². The SMILES string of the molecule is CS(=O)(=O)N1CCC(C(=O)NCC(=O)NC2NC(c3cccc(C4CCNC(C5(C(=O)NCC6CCN(CCOc7ccc8c(c7)C(=O)N(C7CCC(=O)NC7=O)C8=O)CC6)CC5)C4)c3)CS2)C1. The van der Waals surface area contributed by atoms with Crippen molar-refractivity contribution < 1.29 is 46.7 Å². The number of hydrogen-bond acceptors (Lipinski definition) is 14. The Morgan fingerprint density at radius 1 is 0.912 bits per heavy atom. The summed E-state index contributed by atoms with van der Waals surface area (Å²) in [6.45, 7) is 4.55. The number of piperidine rings is 3. The molecular formula is C47H61N9O10S2. The minimum absolute atomic E-state index is 0.0269. The Balaban J connectivity index is 0.681. The van der Waals surface area contributed by atoms with E-state index in [1.165, 1.54) is 9.87 Å². The Hall–Kier alpha value is -4.93. The van der Waals surface area contributed by atoms with Crippen LogP contribution in [0.1, 0.15) is 102 Å². The van der Waals surface area contributed by atoms with Crippen LogP contribution in [0.2, 0.25) is 0 Å². The molecule has 68 heavy (non-hydrogen) atoms. The molecule has 6 N–H and O–H groups in total. The largest absolute Gasteiger partial charge is 0.492 e. The summed E-state index contributed by atoms with van der Waals surface area (Å²) in [6, 6.07) is 12.5. The lowest BCUT2D eigenvalue weighted by atomic mass is 9.79. The number of hydrogen-bond donors (Lipinski definition) is 6. The molecular weight excluding hydrogens is 915 g/mol. The van der Waals surface area contributed by atoms with Gasteiger partial charge in [0.25, 0.3) is 11.8 Å². The topological polar surface area (TPSA) is 245 Å². The summed E-state index contributed by atoms with van der Waals surface area (Å²) < 4.78 is 30.9. The number of carbonyl (C=O) groups is 7. The second kappa shape index (κ2) is 20.2. The first-order chi connectivity index (χ1) is 32.6. The van der Waals surface area contributed by atoms with Crippen molar-refractivity contribution in [2.75, 3.05) is 71.0 Å². The Kier molecular flexibility index (Phi) is 14.3. The van der Waals surface area contributed by atoms with Crippen molar-refractivity contribution in [3.63, 3.8) is 0 Å². The monoisotopic (exact) mass is 975 g/mol. The first-order valence-corrected chi connectivity index (χ1v) is 26.8. The van der Waals surface area contributed by atoms with Crippen LogP contribution in [0.15, 0.2) is 42.5 Å². The minimum Gasteiger partial charge on any atom is -0.492 e. The number of imide groups is 2. The third-order valence-corrected chi connectivity index (χ3v) is 17.3. The van der Waals surface area contributed by atoms with E-state index in [1.54, 1.807) is 30.0 Å². The molecule has 0 bridgehead atoms. The van der Waals surface area contributed by atoms with Gasteiger partial charge in [-0.25, -0.2) is 12.7 Å². The first-order valence-electron chi connectivity index (χ1n) is 23.9. The molecule has 19 nitrogen and oxygen atoms in total. The molecule has 1 aliphatic carbocycles. The van der Waals surface area contributed by atoms with E-state index in [1.807, 2.05) is 0 Å². The predicted octanol–water partition coefficient (Wildman–Crippen LogP) is 0.786. The highest BCUT2D eigenvalue weighted by atomic mass is 32.2. The number of fused-ring (bicyclic) bond motifs is 1. The molecule has 366 valence electrons. The van der Waals surface area contributed by atoms with Crippen molar-refractivity contribution in [2.24, 2.45) is 17.3 Å². The molecule has 2 aromatic carbocycles. The fourth-order valence-corrected chi connectivity index (χ4v) is 12.7. The third kappa shape index (κ3) is 10.6. The Bertz CT molecular complexity index is 2440. The Labute approximate surface area is 400 Å². The molecule has 2 aromatic rings. The summed E-state index contributed by atoms with van der Waals surface area (Å²) in [7, 11) is -3.36. The van der Waals surface area contributed by atoms with Gasteiger partial charge in [-0.05, 0) is 112 Å². The van der Waals surface area contributed by atoms with Crippen LogP contribution >= 0.6 is 11.8 Å². The van der Waals surface area contributed by atoms with E-state index in [-0.39, 0.29) is 72.4 Å². The molecule has 7 aliphatic rings. The number of amides is 7. The van der Waals surface area contributed by atoms with Crippen LogP contribution in [-0.4, -0.2) is 152 Å². The van der Waals surface area contributed by atoms with E-state index in [4.69, 9.17) is 4.74 Å². The van der Waals surface area contributed by atoms with E-state index in [2.05, 4.69) is 61.1 Å². The fourth-order valence-electron chi connectivity index (χ4n) is 10.7. The summed E-state index contributed by atoms with van der Waals surface area (Å²) >= 11 is 1.59. The van der Waals surface area contributed by atoms with Gasteiger partial charge in [0.05, 0.1) is 35.3 Å². The number of nitrogens with zero attached hydrogens (tertiary/aromatic N) is 3. The van der Waals surface area contributed by atoms with Gasteiger partial charge in [0.2, 0.25) is 39.6 Å². The lowest BCUT2D eigenvalue weighted by molar-refractivity contribution is -0.136. The maximum absolute atomic E-state index is 13.9. The van der Waals surface area contributed by atoms with Gasteiger partial charge in [0, 0.05) is 50.4 Å². The van der Waals surface area contributed by atoms with Crippen molar-refractivity contribution in [3.8, 4) is 5.75 Å². The van der Waals surface area contributed by atoms with E-state index in [0.717, 1.165) is 80.6 Å². The maximum Gasteiger partial charge on any atom is 0.262 e. The molecule has 6 unspecified atom stereocenters. The van der Waals surface area contributed by atoms with Gasteiger partial charge in [-0.15, -0.1) is 11.8 Å². The number of sulfonamides is 1. The number of ether oxygens (including phenoxy) is 1. The van der Waals surface area contributed by atoms with E-state index in [9.17, 15) is 42.0 Å². The zero-order valence-corrected chi connectivity index (χ0v) is 39.9. The molecule has 6 heterocycles. The van der Waals surface area contributed by atoms with Gasteiger partial charge < -0.3 is 26.0 Å². The second-order valence-electron chi connectivity index (χ2n) is 19.4. The van der Waals surface area contributed by atoms with Crippen molar-refractivity contribution >= 4 is 63.1 Å². The lowest BCUT2D eigenvalue weighted by Crippen LogP contribution is -2.54. The number of benzene rings is 2. The molecule has 0 spiro atoms. The normalized spacial score (nSPS) is 27.7. The second-order valence-corrected chi connectivity index (χ2v) is 22.5. The van der Waals surface area contributed by atoms with E-state index in [0.29, 0.717) is 50.2 Å². The van der Waals surface area contributed by atoms with Crippen LogP contribution < -0.4 is 36.6 Å². The van der Waals surface area contributed by atoms with Gasteiger partial charge in [0.1, 0.15) is 23.9 Å².